The van der Waals surface area contributed by atoms with Gasteiger partial charge in [-0.25, -0.2) is 4.79 Å². The average Bonchev–Trinajstić information content (AvgIpc) is 1.95. The molecule has 0 saturated carbocycles. The van der Waals surface area contributed by atoms with Crippen molar-refractivity contribution < 1.29 is 4.79 Å². The van der Waals surface area contributed by atoms with Gasteiger partial charge in [-0.05, 0) is 6.07 Å². The molecule has 4 heteroatoms. The zero-order chi connectivity index (χ0) is 8.27. The van der Waals surface area contributed by atoms with Crippen LogP contribution in [-0.4, -0.2) is 21.8 Å². The lowest BCUT2D eigenvalue weighted by atomic mass is 9.86. The summed E-state index contributed by atoms with van der Waals surface area (Å²) in [5.41, 5.74) is 1.33. The second-order valence-corrected chi connectivity index (χ2v) is 2.02. The van der Waals surface area contributed by atoms with Crippen molar-refractivity contribution in [2.75, 3.05) is 0 Å². The maximum Gasteiger partial charge on any atom is 0.240 e. The summed E-state index contributed by atoms with van der Waals surface area (Å²) in [4.78, 5) is 13.2. The zero-order valence-corrected chi connectivity index (χ0v) is 5.74. The summed E-state index contributed by atoms with van der Waals surface area (Å²) in [6.45, 7) is 0. The van der Waals surface area contributed by atoms with Gasteiger partial charge in [0.25, 0.3) is 0 Å². The van der Waals surface area contributed by atoms with E-state index in [-0.39, 0.29) is 0 Å². The first kappa shape index (κ1) is 7.83. The Morgan fingerprint density at radius 1 is 1.36 bits per heavy atom. The lowest BCUT2D eigenvalue weighted by molar-refractivity contribution is 0.565. The van der Waals surface area contributed by atoms with Gasteiger partial charge < -0.3 is 0 Å². The summed E-state index contributed by atoms with van der Waals surface area (Å²) in [5.74, 6) is 0. The molecule has 11 heavy (non-hydrogen) atoms. The van der Waals surface area contributed by atoms with Crippen LogP contribution in [0.2, 0.25) is 0 Å². The van der Waals surface area contributed by atoms with Gasteiger partial charge in [0.2, 0.25) is 6.08 Å². The van der Waals surface area contributed by atoms with E-state index in [4.69, 9.17) is 15.7 Å². The molecule has 0 spiro atoms. The van der Waals surface area contributed by atoms with E-state index in [0.29, 0.717) is 16.6 Å². The molecule has 0 fully saturated rings. The smallest absolute Gasteiger partial charge is 0.211 e. The molecule has 0 saturated heterocycles. The SMILES string of the molecule is [B]c1ccc(N=C=O)c([B])c1. The molecule has 0 N–H and O–H groups in total. The molecule has 0 heterocycles. The second kappa shape index (κ2) is 3.22. The highest BCUT2D eigenvalue weighted by Crippen LogP contribution is 2.02. The number of benzene rings is 1. The van der Waals surface area contributed by atoms with Gasteiger partial charge in [0.05, 0.1) is 5.69 Å². The average molecular weight is 139 g/mol. The van der Waals surface area contributed by atoms with Crippen LogP contribution in [0.4, 0.5) is 5.69 Å². The van der Waals surface area contributed by atoms with Crippen molar-refractivity contribution in [2.45, 2.75) is 0 Å². The van der Waals surface area contributed by atoms with E-state index < -0.39 is 0 Å². The Morgan fingerprint density at radius 3 is 2.64 bits per heavy atom. The lowest BCUT2D eigenvalue weighted by Gasteiger charge is -1.98. The summed E-state index contributed by atoms with van der Waals surface area (Å²) >= 11 is 0. The largest absolute Gasteiger partial charge is 0.240 e. The first-order valence-electron chi connectivity index (χ1n) is 2.97. The minimum absolute atomic E-state index is 0.383. The number of nitrogens with zero attached hydrogens (tertiary/aromatic N) is 1. The number of carbonyl (C=O) groups excluding carboxylic acids is 1. The maximum absolute atomic E-state index is 9.83. The number of isocyanates is 1. The van der Waals surface area contributed by atoms with E-state index in [1.165, 1.54) is 12.1 Å². The van der Waals surface area contributed by atoms with Crippen LogP contribution in [0.1, 0.15) is 0 Å². The normalized spacial score (nSPS) is 8.73. The van der Waals surface area contributed by atoms with Crippen LogP contribution in [0.5, 0.6) is 0 Å². The van der Waals surface area contributed by atoms with Crippen LogP contribution in [0, 0.1) is 0 Å². The molecular formula is C7H3B2NO. The molecular weight excluding hydrogens is 136 g/mol. The van der Waals surface area contributed by atoms with Gasteiger partial charge in [-0.1, -0.05) is 23.1 Å². The highest BCUT2D eigenvalue weighted by molar-refractivity contribution is 6.39. The molecule has 0 aliphatic rings. The van der Waals surface area contributed by atoms with Crippen LogP contribution in [0.15, 0.2) is 23.2 Å². The van der Waals surface area contributed by atoms with Crippen molar-refractivity contribution in [2.24, 2.45) is 4.99 Å². The van der Waals surface area contributed by atoms with Gasteiger partial charge in [0.15, 0.2) is 0 Å². The molecule has 4 radical (unpaired) electrons. The van der Waals surface area contributed by atoms with E-state index in [2.05, 4.69) is 4.99 Å². The molecule has 2 nitrogen and oxygen atoms in total. The fourth-order valence-corrected chi connectivity index (χ4v) is 0.724. The molecule has 1 aromatic rings. The van der Waals surface area contributed by atoms with E-state index in [9.17, 15) is 4.79 Å². The fraction of sp³-hybridized carbons (Fsp3) is 0. The molecule has 0 aliphatic heterocycles. The van der Waals surface area contributed by atoms with Crippen molar-refractivity contribution in [3.63, 3.8) is 0 Å². The van der Waals surface area contributed by atoms with Crippen molar-refractivity contribution in [3.05, 3.63) is 18.2 Å². The van der Waals surface area contributed by atoms with Gasteiger partial charge in [-0.15, -0.1) is 0 Å². The summed E-state index contributed by atoms with van der Waals surface area (Å²) in [5, 5.41) is 0. The first-order valence-corrected chi connectivity index (χ1v) is 2.97. The Balaban J connectivity index is 3.19. The standard InChI is InChI=1S/C7H3B2NO/c8-5-1-2-7(10-4-11)6(9)3-5/h1-3H. The summed E-state index contributed by atoms with van der Waals surface area (Å²) < 4.78 is 0. The van der Waals surface area contributed by atoms with E-state index >= 15 is 0 Å². The van der Waals surface area contributed by atoms with E-state index in [0.717, 1.165) is 0 Å². The predicted octanol–water partition coefficient (Wildman–Crippen LogP) is -0.759. The van der Waals surface area contributed by atoms with Crippen LogP contribution >= 0.6 is 0 Å². The lowest BCUT2D eigenvalue weighted by Crippen LogP contribution is -2.12. The topological polar surface area (TPSA) is 29.4 Å². The Bertz CT molecular complexity index is 318. The molecule has 0 atom stereocenters. The van der Waals surface area contributed by atoms with Crippen molar-refractivity contribution in [1.82, 2.24) is 0 Å². The predicted molar refractivity (Wildman–Crippen MR) is 45.0 cm³/mol. The van der Waals surface area contributed by atoms with Gasteiger partial charge in [-0.3, -0.25) is 0 Å². The minimum Gasteiger partial charge on any atom is -0.211 e. The van der Waals surface area contributed by atoms with Crippen LogP contribution in [-0.2, 0) is 4.79 Å². The molecule has 1 aromatic carbocycles. The summed E-state index contributed by atoms with van der Waals surface area (Å²) in [6, 6.07) is 4.72. The summed E-state index contributed by atoms with van der Waals surface area (Å²) in [6.07, 6.45) is 1.40. The van der Waals surface area contributed by atoms with Crippen LogP contribution in [0.3, 0.4) is 0 Å². The molecule has 0 amide bonds. The summed E-state index contributed by atoms with van der Waals surface area (Å²) in [7, 11) is 10.9. The third kappa shape index (κ3) is 1.82. The Morgan fingerprint density at radius 2 is 2.09 bits per heavy atom. The van der Waals surface area contributed by atoms with Crippen LogP contribution < -0.4 is 10.9 Å². The van der Waals surface area contributed by atoms with Crippen molar-refractivity contribution >= 4 is 38.4 Å². The second-order valence-electron chi connectivity index (χ2n) is 2.02. The fourth-order valence-electron chi connectivity index (χ4n) is 0.724. The molecule has 48 valence electrons. The number of aliphatic imine (C=N–C) groups is 1. The molecule has 1 rings (SSSR count). The van der Waals surface area contributed by atoms with E-state index in [1.54, 1.807) is 12.1 Å². The third-order valence-corrected chi connectivity index (χ3v) is 1.22. The quantitative estimate of drug-likeness (QED) is 0.285. The molecule has 0 unspecified atom stereocenters. The highest BCUT2D eigenvalue weighted by atomic mass is 16.1. The first-order chi connectivity index (χ1) is 5.24. The minimum atomic E-state index is 0.383. The Kier molecular flexibility index (Phi) is 2.29. The van der Waals surface area contributed by atoms with Crippen molar-refractivity contribution in [1.29, 1.82) is 0 Å². The number of rotatable bonds is 1. The van der Waals surface area contributed by atoms with Crippen LogP contribution in [0.25, 0.3) is 0 Å². The van der Waals surface area contributed by atoms with Gasteiger partial charge >= 0.3 is 0 Å². The monoisotopic (exact) mass is 139 g/mol. The Hall–Kier alpha value is -1.27. The van der Waals surface area contributed by atoms with E-state index in [1.807, 2.05) is 0 Å². The molecule has 0 aliphatic carbocycles. The highest BCUT2D eigenvalue weighted by Gasteiger charge is 1.93. The number of hydrogen-bond donors (Lipinski definition) is 0. The number of hydrogen-bond acceptors (Lipinski definition) is 2. The Labute approximate surface area is 67.2 Å². The molecule has 0 bridgehead atoms. The maximum atomic E-state index is 9.83. The zero-order valence-electron chi connectivity index (χ0n) is 5.74. The van der Waals surface area contributed by atoms with Gasteiger partial charge in [0.1, 0.15) is 15.7 Å². The third-order valence-electron chi connectivity index (χ3n) is 1.22. The van der Waals surface area contributed by atoms with Gasteiger partial charge in [0, 0.05) is 0 Å². The van der Waals surface area contributed by atoms with Crippen molar-refractivity contribution in [3.8, 4) is 0 Å². The van der Waals surface area contributed by atoms with Gasteiger partial charge in [-0.2, -0.15) is 4.99 Å². The molecule has 0 aromatic heterocycles.